The number of aliphatic hydroxyl groups excluding tert-OH is 1. The third-order valence-electron chi connectivity index (χ3n) is 5.82. The maximum Gasteiger partial charge on any atom is 0.269 e. The minimum atomic E-state index is -0.807. The van der Waals surface area contributed by atoms with Gasteiger partial charge in [-0.05, 0) is 36.1 Å². The van der Waals surface area contributed by atoms with E-state index in [1.165, 1.54) is 17.7 Å². The zero-order valence-corrected chi connectivity index (χ0v) is 16.9. The summed E-state index contributed by atoms with van der Waals surface area (Å²) >= 11 is 0. The van der Waals surface area contributed by atoms with Gasteiger partial charge in [0, 0.05) is 30.6 Å². The molecule has 2 aromatic rings. The van der Waals surface area contributed by atoms with Gasteiger partial charge in [0.25, 0.3) is 5.69 Å². The molecule has 0 spiro atoms. The van der Waals surface area contributed by atoms with Gasteiger partial charge in [-0.15, -0.1) is 0 Å². The molecule has 1 saturated carbocycles. The maximum absolute atomic E-state index is 10.9. The molecular weight excluding hydrogens is 372 g/mol. The molecule has 0 heterocycles. The zero-order chi connectivity index (χ0) is 20.9. The Labute approximate surface area is 170 Å². The second kappa shape index (κ2) is 9.24. The lowest BCUT2D eigenvalue weighted by atomic mass is 9.78. The molecule has 7 nitrogen and oxygen atoms in total. The molecule has 2 aromatic carbocycles. The topological polar surface area (TPSA) is 93.9 Å². The SMILES string of the molecule is COc1ccc(C2(CNC[C@H](O)c3cccc([N+](=O)[O-])c3)CCCC2)cc1OC. The fraction of sp³-hybridized carbons (Fsp3) is 0.455. The van der Waals surface area contributed by atoms with Gasteiger partial charge in [0.15, 0.2) is 11.5 Å². The number of nitro benzene ring substituents is 1. The van der Waals surface area contributed by atoms with Crippen molar-refractivity contribution >= 4 is 5.69 Å². The molecule has 0 aliphatic heterocycles. The van der Waals surface area contributed by atoms with Crippen LogP contribution in [0.2, 0.25) is 0 Å². The molecule has 1 fully saturated rings. The lowest BCUT2D eigenvalue weighted by Gasteiger charge is -2.31. The first-order valence-electron chi connectivity index (χ1n) is 9.85. The first-order valence-corrected chi connectivity index (χ1v) is 9.85. The van der Waals surface area contributed by atoms with Crippen LogP contribution in [0.3, 0.4) is 0 Å². The van der Waals surface area contributed by atoms with Crippen molar-refractivity contribution in [3.8, 4) is 11.5 Å². The Morgan fingerprint density at radius 2 is 1.86 bits per heavy atom. The van der Waals surface area contributed by atoms with Crippen LogP contribution in [0.1, 0.15) is 42.9 Å². The van der Waals surface area contributed by atoms with Crippen LogP contribution >= 0.6 is 0 Å². The summed E-state index contributed by atoms with van der Waals surface area (Å²) in [6, 6.07) is 12.2. The van der Waals surface area contributed by atoms with E-state index in [1.54, 1.807) is 26.4 Å². The van der Waals surface area contributed by atoms with Crippen molar-refractivity contribution in [1.29, 1.82) is 0 Å². The molecule has 2 N–H and O–H groups in total. The summed E-state index contributed by atoms with van der Waals surface area (Å²) in [5, 5.41) is 24.8. The monoisotopic (exact) mass is 400 g/mol. The van der Waals surface area contributed by atoms with E-state index in [0.717, 1.165) is 25.7 Å². The molecule has 0 amide bonds. The average molecular weight is 400 g/mol. The van der Waals surface area contributed by atoms with E-state index >= 15 is 0 Å². The van der Waals surface area contributed by atoms with Crippen molar-refractivity contribution in [2.45, 2.75) is 37.2 Å². The highest BCUT2D eigenvalue weighted by Crippen LogP contribution is 2.43. The lowest BCUT2D eigenvalue weighted by Crippen LogP contribution is -2.37. The van der Waals surface area contributed by atoms with Crippen molar-refractivity contribution in [3.63, 3.8) is 0 Å². The Bertz CT molecular complexity index is 849. The zero-order valence-electron chi connectivity index (χ0n) is 16.9. The van der Waals surface area contributed by atoms with Crippen LogP contribution in [0.15, 0.2) is 42.5 Å². The van der Waals surface area contributed by atoms with E-state index in [-0.39, 0.29) is 11.1 Å². The molecule has 0 saturated heterocycles. The van der Waals surface area contributed by atoms with E-state index < -0.39 is 11.0 Å². The first kappa shape index (κ1) is 21.1. The minimum Gasteiger partial charge on any atom is -0.493 e. The highest BCUT2D eigenvalue weighted by molar-refractivity contribution is 5.45. The highest BCUT2D eigenvalue weighted by Gasteiger charge is 2.36. The number of hydrogen-bond donors (Lipinski definition) is 2. The quantitative estimate of drug-likeness (QED) is 0.492. The number of methoxy groups -OCH3 is 2. The molecule has 0 bridgehead atoms. The average Bonchev–Trinajstić information content (AvgIpc) is 3.23. The summed E-state index contributed by atoms with van der Waals surface area (Å²) in [4.78, 5) is 10.5. The number of nitro groups is 1. The number of nitrogens with one attached hydrogen (secondary N) is 1. The summed E-state index contributed by atoms with van der Waals surface area (Å²) in [5.74, 6) is 1.42. The van der Waals surface area contributed by atoms with Crippen LogP contribution in [0.4, 0.5) is 5.69 Å². The number of rotatable bonds is 9. The third-order valence-corrected chi connectivity index (χ3v) is 5.82. The van der Waals surface area contributed by atoms with Gasteiger partial charge in [-0.3, -0.25) is 10.1 Å². The van der Waals surface area contributed by atoms with Crippen LogP contribution in [-0.4, -0.2) is 37.3 Å². The summed E-state index contributed by atoms with van der Waals surface area (Å²) in [5.41, 5.74) is 1.70. The second-order valence-electron chi connectivity index (χ2n) is 7.56. The summed E-state index contributed by atoms with van der Waals surface area (Å²) < 4.78 is 10.8. The number of non-ortho nitro benzene ring substituents is 1. The number of aliphatic hydroxyl groups is 1. The van der Waals surface area contributed by atoms with Gasteiger partial charge in [-0.2, -0.15) is 0 Å². The standard InChI is InChI=1S/C22H28N2O5/c1-28-20-9-8-17(13-21(20)29-2)22(10-3-4-11-22)15-23-14-19(25)16-6-5-7-18(12-16)24(26)27/h5-9,12-13,19,23,25H,3-4,10-11,14-15H2,1-2H3/t19-/m0/s1. The normalized spacial score (nSPS) is 16.4. The molecule has 3 rings (SSSR count). The van der Waals surface area contributed by atoms with E-state index in [9.17, 15) is 15.2 Å². The Hall–Kier alpha value is -2.64. The molecular formula is C22H28N2O5. The number of nitrogens with zero attached hydrogens (tertiary/aromatic N) is 1. The number of benzene rings is 2. The number of ether oxygens (including phenoxy) is 2. The summed E-state index contributed by atoms with van der Waals surface area (Å²) in [6.45, 7) is 1.05. The van der Waals surface area contributed by atoms with Crippen LogP contribution in [0.5, 0.6) is 11.5 Å². The summed E-state index contributed by atoms with van der Waals surface area (Å²) in [7, 11) is 3.26. The Balaban J connectivity index is 1.70. The fourth-order valence-electron chi connectivity index (χ4n) is 4.20. The number of hydrogen-bond acceptors (Lipinski definition) is 6. The van der Waals surface area contributed by atoms with Crippen LogP contribution < -0.4 is 14.8 Å². The predicted molar refractivity (Wildman–Crippen MR) is 111 cm³/mol. The first-order chi connectivity index (χ1) is 14.0. The molecule has 29 heavy (non-hydrogen) atoms. The van der Waals surface area contributed by atoms with Gasteiger partial charge in [-0.25, -0.2) is 0 Å². The maximum atomic E-state index is 10.9. The van der Waals surface area contributed by atoms with E-state index in [1.807, 2.05) is 12.1 Å². The van der Waals surface area contributed by atoms with E-state index in [2.05, 4.69) is 11.4 Å². The summed E-state index contributed by atoms with van der Waals surface area (Å²) in [6.07, 6.45) is 3.62. The third kappa shape index (κ3) is 4.68. The van der Waals surface area contributed by atoms with Crippen molar-refractivity contribution in [1.82, 2.24) is 5.32 Å². The van der Waals surface area contributed by atoms with E-state index in [4.69, 9.17) is 9.47 Å². The van der Waals surface area contributed by atoms with Crippen molar-refractivity contribution < 1.29 is 19.5 Å². The largest absolute Gasteiger partial charge is 0.493 e. The molecule has 7 heteroatoms. The van der Waals surface area contributed by atoms with Gasteiger partial charge in [0.2, 0.25) is 0 Å². The van der Waals surface area contributed by atoms with Crippen molar-refractivity contribution in [2.24, 2.45) is 0 Å². The van der Waals surface area contributed by atoms with Crippen LogP contribution in [-0.2, 0) is 5.41 Å². The molecule has 1 aliphatic carbocycles. The molecule has 0 aromatic heterocycles. The highest BCUT2D eigenvalue weighted by atomic mass is 16.6. The van der Waals surface area contributed by atoms with Gasteiger partial charge in [0.05, 0.1) is 25.2 Å². The van der Waals surface area contributed by atoms with Gasteiger partial charge < -0.3 is 19.9 Å². The van der Waals surface area contributed by atoms with Gasteiger partial charge >= 0.3 is 0 Å². The second-order valence-corrected chi connectivity index (χ2v) is 7.56. The molecule has 0 unspecified atom stereocenters. The smallest absolute Gasteiger partial charge is 0.269 e. The van der Waals surface area contributed by atoms with Gasteiger partial charge in [-0.1, -0.05) is 31.0 Å². The van der Waals surface area contributed by atoms with Crippen molar-refractivity contribution in [2.75, 3.05) is 27.3 Å². The van der Waals surface area contributed by atoms with Crippen molar-refractivity contribution in [3.05, 3.63) is 63.7 Å². The molecule has 1 atom stereocenters. The molecule has 0 radical (unpaired) electrons. The lowest BCUT2D eigenvalue weighted by molar-refractivity contribution is -0.385. The fourth-order valence-corrected chi connectivity index (χ4v) is 4.20. The van der Waals surface area contributed by atoms with Gasteiger partial charge in [0.1, 0.15) is 0 Å². The Kier molecular flexibility index (Phi) is 6.71. The molecule has 1 aliphatic rings. The van der Waals surface area contributed by atoms with E-state index in [0.29, 0.717) is 30.2 Å². The molecule has 156 valence electrons. The Morgan fingerprint density at radius 3 is 2.52 bits per heavy atom. The predicted octanol–water partition coefficient (Wildman–Crippen LogP) is 3.75. The van der Waals surface area contributed by atoms with Crippen LogP contribution in [0, 0.1) is 10.1 Å². The minimum absolute atomic E-state index is 0.0147. The van der Waals surface area contributed by atoms with Crippen LogP contribution in [0.25, 0.3) is 0 Å². The Morgan fingerprint density at radius 1 is 1.14 bits per heavy atom.